The summed E-state index contributed by atoms with van der Waals surface area (Å²) in [5.74, 6) is 0.757. The first-order valence-corrected chi connectivity index (χ1v) is 11.2. The predicted molar refractivity (Wildman–Crippen MR) is 142 cm³/mol. The molecule has 1 unspecified atom stereocenters. The fraction of sp³-hybridized carbons (Fsp3) is 0.320. The molecule has 0 radical (unpaired) electrons. The number of carbonyl (C=O) groups is 1. The highest BCUT2D eigenvalue weighted by Gasteiger charge is 2.29. The van der Waals surface area contributed by atoms with Crippen LogP contribution >= 0.6 is 24.0 Å². The van der Waals surface area contributed by atoms with Crippen LogP contribution in [0.3, 0.4) is 0 Å². The zero-order valence-electron chi connectivity index (χ0n) is 19.2. The Bertz CT molecular complexity index is 1090. The molecule has 1 saturated heterocycles. The molecule has 2 N–H and O–H groups in total. The number of nitrogens with zero attached hydrogens (tertiary/aromatic N) is 4. The summed E-state index contributed by atoms with van der Waals surface area (Å²) in [5.41, 5.74) is 2.51. The summed E-state index contributed by atoms with van der Waals surface area (Å²) in [4.78, 5) is 22.5. The number of guanidine groups is 1. The molecule has 1 atom stereocenters. The number of carbonyl (C=O) groups excluding carboxylic acids is 1. The van der Waals surface area contributed by atoms with Crippen molar-refractivity contribution in [3.05, 3.63) is 84.2 Å². The molecule has 1 amide bonds. The van der Waals surface area contributed by atoms with E-state index in [1.807, 2.05) is 29.2 Å². The van der Waals surface area contributed by atoms with Gasteiger partial charge >= 0.3 is 0 Å². The smallest absolute Gasteiger partial charge is 0.223 e. The molecule has 1 aliphatic rings. The molecular formula is C25H30FIN6O. The molecule has 3 aromatic rings. The van der Waals surface area contributed by atoms with Crippen molar-refractivity contribution in [2.75, 3.05) is 26.7 Å². The molecule has 2 aromatic carbocycles. The molecule has 1 fully saturated rings. The lowest BCUT2D eigenvalue weighted by atomic mass is 10.1. The van der Waals surface area contributed by atoms with Gasteiger partial charge in [0.1, 0.15) is 5.82 Å². The third-order valence-corrected chi connectivity index (χ3v) is 5.84. The van der Waals surface area contributed by atoms with Crippen LogP contribution in [0.4, 0.5) is 4.39 Å². The standard InChI is InChI=1S/C25H29FN6O.HI/c1-27-25(29-15-20-7-8-23(22(26)13-20)32-12-10-28-18-32)30-16-21-14-24(33)31(17-21)11-9-19-5-3-2-4-6-19;/h2-8,10,12-13,18,21H,9,11,14-17H2,1H3,(H2,27,29,30);1H. The number of amides is 1. The van der Waals surface area contributed by atoms with Gasteiger partial charge in [0, 0.05) is 58.0 Å². The molecule has 1 aliphatic heterocycles. The third kappa shape index (κ3) is 6.78. The van der Waals surface area contributed by atoms with E-state index in [1.54, 1.807) is 36.4 Å². The van der Waals surface area contributed by atoms with Crippen LogP contribution in [0.15, 0.2) is 72.2 Å². The molecule has 34 heavy (non-hydrogen) atoms. The van der Waals surface area contributed by atoms with Gasteiger partial charge in [0.05, 0.1) is 12.0 Å². The van der Waals surface area contributed by atoms with Crippen molar-refractivity contribution in [3.63, 3.8) is 0 Å². The third-order valence-electron chi connectivity index (χ3n) is 5.84. The molecular weight excluding hydrogens is 546 g/mol. The monoisotopic (exact) mass is 576 g/mol. The maximum Gasteiger partial charge on any atom is 0.223 e. The van der Waals surface area contributed by atoms with Crippen molar-refractivity contribution in [1.82, 2.24) is 25.1 Å². The number of halogens is 2. The topological polar surface area (TPSA) is 74.5 Å². The molecule has 2 heterocycles. The molecule has 0 bridgehead atoms. The second-order valence-electron chi connectivity index (χ2n) is 8.21. The van der Waals surface area contributed by atoms with Crippen LogP contribution in [0.1, 0.15) is 17.5 Å². The molecule has 9 heteroatoms. The average molecular weight is 576 g/mol. The van der Waals surface area contributed by atoms with Gasteiger partial charge in [-0.15, -0.1) is 24.0 Å². The summed E-state index contributed by atoms with van der Waals surface area (Å²) in [7, 11) is 1.70. The number of rotatable bonds is 8. The Balaban J connectivity index is 0.00000324. The highest BCUT2D eigenvalue weighted by atomic mass is 127. The van der Waals surface area contributed by atoms with Crippen LogP contribution in [0.2, 0.25) is 0 Å². The summed E-state index contributed by atoms with van der Waals surface area (Å²) in [5, 5.41) is 6.51. The number of likely N-dealkylation sites (tertiary alicyclic amines) is 1. The van der Waals surface area contributed by atoms with Gasteiger partial charge in [0.2, 0.25) is 5.91 Å². The van der Waals surface area contributed by atoms with Gasteiger partial charge in [0.15, 0.2) is 5.96 Å². The Hall–Kier alpha value is -2.95. The van der Waals surface area contributed by atoms with E-state index in [0.717, 1.165) is 25.1 Å². The Kier molecular flexibility index (Phi) is 9.43. The van der Waals surface area contributed by atoms with Crippen LogP contribution in [-0.4, -0.2) is 53.0 Å². The van der Waals surface area contributed by atoms with Crippen molar-refractivity contribution in [1.29, 1.82) is 0 Å². The number of aromatic nitrogens is 2. The van der Waals surface area contributed by atoms with E-state index in [9.17, 15) is 9.18 Å². The SMILES string of the molecule is CN=C(NCc1ccc(-n2ccnc2)c(F)c1)NCC1CC(=O)N(CCc2ccccc2)C1.I. The summed E-state index contributed by atoms with van der Waals surface area (Å²) in [6.07, 6.45) is 6.30. The summed E-state index contributed by atoms with van der Waals surface area (Å²) >= 11 is 0. The summed E-state index contributed by atoms with van der Waals surface area (Å²) in [6, 6.07) is 15.3. The first-order chi connectivity index (χ1) is 16.1. The molecule has 1 aromatic heterocycles. The van der Waals surface area contributed by atoms with Gasteiger partial charge in [-0.05, 0) is 29.7 Å². The number of aliphatic imine (C=N–C) groups is 1. The summed E-state index contributed by atoms with van der Waals surface area (Å²) in [6.45, 7) is 2.58. The lowest BCUT2D eigenvalue weighted by molar-refractivity contribution is -0.127. The number of nitrogens with one attached hydrogen (secondary N) is 2. The maximum absolute atomic E-state index is 14.5. The summed E-state index contributed by atoms with van der Waals surface area (Å²) < 4.78 is 16.1. The predicted octanol–water partition coefficient (Wildman–Crippen LogP) is 3.39. The van der Waals surface area contributed by atoms with E-state index < -0.39 is 0 Å². The van der Waals surface area contributed by atoms with Gasteiger partial charge < -0.3 is 20.1 Å². The van der Waals surface area contributed by atoms with Crippen LogP contribution in [0.5, 0.6) is 0 Å². The number of hydrogen-bond acceptors (Lipinski definition) is 3. The zero-order valence-corrected chi connectivity index (χ0v) is 21.5. The molecule has 7 nitrogen and oxygen atoms in total. The van der Waals surface area contributed by atoms with Crippen LogP contribution in [-0.2, 0) is 17.8 Å². The van der Waals surface area contributed by atoms with E-state index in [0.29, 0.717) is 31.2 Å². The Morgan fingerprint density at radius 1 is 1.18 bits per heavy atom. The highest BCUT2D eigenvalue weighted by molar-refractivity contribution is 14.0. The minimum Gasteiger partial charge on any atom is -0.356 e. The zero-order chi connectivity index (χ0) is 23.0. The second kappa shape index (κ2) is 12.5. The van der Waals surface area contributed by atoms with Crippen LogP contribution in [0.25, 0.3) is 5.69 Å². The van der Waals surface area contributed by atoms with Crippen molar-refractivity contribution in [3.8, 4) is 5.69 Å². The first kappa shape index (κ1) is 25.7. The number of benzene rings is 2. The lowest BCUT2D eigenvalue weighted by Crippen LogP contribution is -2.40. The quantitative estimate of drug-likeness (QED) is 0.245. The van der Waals surface area contributed by atoms with Crippen molar-refractivity contribution in [2.24, 2.45) is 10.9 Å². The molecule has 0 aliphatic carbocycles. The Morgan fingerprint density at radius 2 is 2.00 bits per heavy atom. The Morgan fingerprint density at radius 3 is 2.71 bits per heavy atom. The maximum atomic E-state index is 14.5. The van der Waals surface area contributed by atoms with E-state index in [-0.39, 0.29) is 41.6 Å². The van der Waals surface area contributed by atoms with E-state index in [4.69, 9.17) is 0 Å². The van der Waals surface area contributed by atoms with Gasteiger partial charge in [-0.1, -0.05) is 36.4 Å². The fourth-order valence-electron chi connectivity index (χ4n) is 4.03. The van der Waals surface area contributed by atoms with Gasteiger partial charge in [0.25, 0.3) is 0 Å². The minimum atomic E-state index is -0.310. The normalized spacial score (nSPS) is 15.8. The highest BCUT2D eigenvalue weighted by Crippen LogP contribution is 2.18. The van der Waals surface area contributed by atoms with Gasteiger partial charge in [-0.3, -0.25) is 9.79 Å². The van der Waals surface area contributed by atoms with E-state index >= 15 is 0 Å². The van der Waals surface area contributed by atoms with Crippen molar-refractivity contribution in [2.45, 2.75) is 19.4 Å². The molecule has 180 valence electrons. The van der Waals surface area contributed by atoms with E-state index in [2.05, 4.69) is 32.7 Å². The second-order valence-corrected chi connectivity index (χ2v) is 8.21. The average Bonchev–Trinajstić information content (AvgIpc) is 3.48. The van der Waals surface area contributed by atoms with E-state index in [1.165, 1.54) is 11.6 Å². The molecule has 0 saturated carbocycles. The van der Waals surface area contributed by atoms with Crippen LogP contribution in [0, 0.1) is 11.7 Å². The number of imidazole rings is 1. The van der Waals surface area contributed by atoms with Crippen LogP contribution < -0.4 is 10.6 Å². The van der Waals surface area contributed by atoms with Crippen molar-refractivity contribution >= 4 is 35.8 Å². The molecule has 4 rings (SSSR count). The largest absolute Gasteiger partial charge is 0.356 e. The number of hydrogen-bond donors (Lipinski definition) is 2. The molecule has 0 spiro atoms. The lowest BCUT2D eigenvalue weighted by Gasteiger charge is -2.18. The minimum absolute atomic E-state index is 0. The van der Waals surface area contributed by atoms with Gasteiger partial charge in [-0.25, -0.2) is 9.37 Å². The Labute approximate surface area is 216 Å². The van der Waals surface area contributed by atoms with Gasteiger partial charge in [-0.2, -0.15) is 0 Å². The first-order valence-electron chi connectivity index (χ1n) is 11.2. The fourth-order valence-corrected chi connectivity index (χ4v) is 4.03. The van der Waals surface area contributed by atoms with Crippen molar-refractivity contribution < 1.29 is 9.18 Å².